The number of aromatic nitrogens is 2. The number of H-pyrrole nitrogens is 1. The number of fused-ring (bicyclic) bond motifs is 1. The Labute approximate surface area is 165 Å². The standard InChI is InChI=1S/C19H16N2O3.H3O4P/c1-2-12-24-14-9-6-13(7-10-14)8-11-17-20-16-5-3-4-15(19(22)23)18(16)21-17;1-5(2,3)4/h2-11H,1,12H2,(H,20,21)(H,22,23);(H3,1,2,3,4)/p-4/b11-8+;. The maximum Gasteiger partial charge on any atom is 0.131 e. The van der Waals surface area contributed by atoms with Crippen LogP contribution < -0.4 is 24.5 Å². The quantitative estimate of drug-likeness (QED) is 0.429. The maximum atomic E-state index is 11.1. The van der Waals surface area contributed by atoms with Crippen LogP contribution >= 0.6 is 7.82 Å². The van der Waals surface area contributed by atoms with E-state index >= 15 is 0 Å². The zero-order chi connectivity index (χ0) is 21.4. The number of carboxylic acid groups (broad SMARTS) is 1. The fraction of sp³-hybridized carbons (Fsp3) is 0.0526. The van der Waals surface area contributed by atoms with Crippen molar-refractivity contribution in [2.45, 2.75) is 0 Å². The van der Waals surface area contributed by atoms with Crippen molar-refractivity contribution in [2.75, 3.05) is 6.61 Å². The molecule has 0 bridgehead atoms. The van der Waals surface area contributed by atoms with Crippen molar-refractivity contribution in [1.29, 1.82) is 0 Å². The van der Waals surface area contributed by atoms with Crippen molar-refractivity contribution in [2.24, 2.45) is 0 Å². The summed E-state index contributed by atoms with van der Waals surface area (Å²) < 4.78 is 14.0. The number of imidazole rings is 1. The molecule has 29 heavy (non-hydrogen) atoms. The number of carboxylic acids is 1. The number of nitrogens with one attached hydrogen (secondary N) is 1. The van der Waals surface area contributed by atoms with Gasteiger partial charge in [-0.15, -0.1) is 0 Å². The van der Waals surface area contributed by atoms with Crippen LogP contribution in [0.2, 0.25) is 0 Å². The first-order valence-electron chi connectivity index (χ1n) is 8.12. The molecule has 3 aromatic rings. The molecule has 10 heteroatoms. The molecule has 0 amide bonds. The first-order valence-corrected chi connectivity index (χ1v) is 9.58. The second kappa shape index (κ2) is 9.81. The molecule has 0 aliphatic rings. The summed E-state index contributed by atoms with van der Waals surface area (Å²) in [6.07, 6.45) is 5.36. The van der Waals surface area contributed by atoms with Crippen molar-refractivity contribution in [1.82, 2.24) is 9.97 Å². The van der Waals surface area contributed by atoms with Gasteiger partial charge in [-0.05, 0) is 29.8 Å². The zero-order valence-electron chi connectivity index (χ0n) is 14.9. The van der Waals surface area contributed by atoms with Gasteiger partial charge in [0, 0.05) is 5.56 Å². The lowest BCUT2D eigenvalue weighted by atomic mass is 10.2. The number of nitrogens with zero attached hydrogens (tertiary/aromatic N) is 1. The van der Waals surface area contributed by atoms with Crippen LogP contribution in [0.4, 0.5) is 0 Å². The first-order chi connectivity index (χ1) is 13.7. The van der Waals surface area contributed by atoms with Crippen molar-refractivity contribution < 1.29 is 33.9 Å². The lowest BCUT2D eigenvalue weighted by Crippen LogP contribution is -2.24. The Morgan fingerprint density at radius 2 is 1.79 bits per heavy atom. The van der Waals surface area contributed by atoms with Crippen molar-refractivity contribution in [3.63, 3.8) is 0 Å². The molecular weight excluding hydrogens is 399 g/mol. The molecule has 1 aromatic heterocycles. The van der Waals surface area contributed by atoms with E-state index in [2.05, 4.69) is 16.5 Å². The second-order valence-electron chi connectivity index (χ2n) is 5.56. The van der Waals surface area contributed by atoms with E-state index in [0.717, 1.165) is 11.3 Å². The highest BCUT2D eigenvalue weighted by molar-refractivity contribution is 7.40. The largest absolute Gasteiger partial charge is 0.822 e. The third kappa shape index (κ3) is 7.36. The minimum Gasteiger partial charge on any atom is -0.822 e. The Balaban J connectivity index is 0.000000537. The molecule has 0 aliphatic heterocycles. The van der Waals surface area contributed by atoms with Gasteiger partial charge in [0.15, 0.2) is 0 Å². The molecule has 0 radical (unpaired) electrons. The molecule has 1 heterocycles. The highest BCUT2D eigenvalue weighted by Crippen LogP contribution is 2.18. The third-order valence-corrected chi connectivity index (χ3v) is 3.43. The highest BCUT2D eigenvalue weighted by Gasteiger charge is 2.06. The SMILES string of the molecule is C=CCOc1ccc(/C=C/c2nc3c(C(=O)[O-])cccc3[nH]2)cc1.O=P([O-])([O-])[O-]. The summed E-state index contributed by atoms with van der Waals surface area (Å²) in [4.78, 5) is 44.1. The smallest absolute Gasteiger partial charge is 0.131 e. The Morgan fingerprint density at radius 3 is 2.38 bits per heavy atom. The molecular formula is C19H15N2O7P-4. The Bertz CT molecular complexity index is 1060. The van der Waals surface area contributed by atoms with Gasteiger partial charge in [0.2, 0.25) is 0 Å². The van der Waals surface area contributed by atoms with Crippen LogP contribution in [0.3, 0.4) is 0 Å². The summed E-state index contributed by atoms with van der Waals surface area (Å²) >= 11 is 0. The van der Waals surface area contributed by atoms with Gasteiger partial charge >= 0.3 is 0 Å². The first kappa shape index (κ1) is 22.1. The van der Waals surface area contributed by atoms with E-state index in [1.807, 2.05) is 30.3 Å². The van der Waals surface area contributed by atoms with E-state index in [9.17, 15) is 9.90 Å². The van der Waals surface area contributed by atoms with E-state index in [1.54, 1.807) is 24.3 Å². The summed E-state index contributed by atoms with van der Waals surface area (Å²) in [5.41, 5.74) is 2.10. The monoisotopic (exact) mass is 414 g/mol. The molecule has 2 aromatic carbocycles. The number of phosphoric acid groups is 1. The third-order valence-electron chi connectivity index (χ3n) is 3.43. The topological polar surface area (TPSA) is 164 Å². The molecule has 9 nitrogen and oxygen atoms in total. The lowest BCUT2D eigenvalue weighted by Gasteiger charge is -2.36. The van der Waals surface area contributed by atoms with E-state index in [-0.39, 0.29) is 5.56 Å². The van der Waals surface area contributed by atoms with E-state index in [0.29, 0.717) is 23.5 Å². The average Bonchev–Trinajstić information content (AvgIpc) is 3.07. The Morgan fingerprint density at radius 1 is 1.14 bits per heavy atom. The van der Waals surface area contributed by atoms with Crippen molar-refractivity contribution in [3.8, 4) is 5.75 Å². The molecule has 152 valence electrons. The molecule has 3 rings (SSSR count). The van der Waals surface area contributed by atoms with Gasteiger partial charge < -0.3 is 38.9 Å². The molecule has 0 saturated heterocycles. The number of para-hydroxylation sites is 1. The highest BCUT2D eigenvalue weighted by atomic mass is 31.2. The van der Waals surface area contributed by atoms with Crippen LogP contribution in [0.25, 0.3) is 23.2 Å². The minimum atomic E-state index is -5.39. The summed E-state index contributed by atoms with van der Waals surface area (Å²) in [6, 6.07) is 12.5. The fourth-order valence-electron chi connectivity index (χ4n) is 2.30. The van der Waals surface area contributed by atoms with Crippen molar-refractivity contribution >= 4 is 37.0 Å². The normalized spacial score (nSPS) is 11.1. The number of carbonyl (C=O) groups excluding carboxylic acids is 1. The van der Waals surface area contributed by atoms with Crippen LogP contribution in [0.1, 0.15) is 21.7 Å². The van der Waals surface area contributed by atoms with Crippen LogP contribution in [0.15, 0.2) is 55.1 Å². The molecule has 0 unspecified atom stereocenters. The van der Waals surface area contributed by atoms with Gasteiger partial charge in [-0.2, -0.15) is 7.82 Å². The molecule has 0 atom stereocenters. The van der Waals surface area contributed by atoms with Gasteiger partial charge in [0.05, 0.1) is 17.0 Å². The summed E-state index contributed by atoms with van der Waals surface area (Å²) in [5.74, 6) is 0.109. The molecule has 0 aliphatic carbocycles. The number of benzene rings is 2. The Hall–Kier alpha value is -3.23. The van der Waals surface area contributed by atoms with Gasteiger partial charge in [-0.1, -0.05) is 43.0 Å². The molecule has 0 saturated carbocycles. The number of hydrogen-bond donors (Lipinski definition) is 1. The van der Waals surface area contributed by atoms with E-state index < -0.39 is 13.8 Å². The number of rotatable bonds is 6. The molecule has 0 fully saturated rings. The predicted octanol–water partition coefficient (Wildman–Crippen LogP) is -0.163. The van der Waals surface area contributed by atoms with Crippen LogP contribution in [0.5, 0.6) is 5.75 Å². The number of aromatic carboxylic acids is 1. The summed E-state index contributed by atoms with van der Waals surface area (Å²) in [6.45, 7) is 4.07. The van der Waals surface area contributed by atoms with Gasteiger partial charge in [-0.25, -0.2) is 4.98 Å². The number of carbonyl (C=O) groups is 1. The lowest BCUT2D eigenvalue weighted by molar-refractivity contribution is -0.432. The van der Waals surface area contributed by atoms with Crippen molar-refractivity contribution in [3.05, 3.63) is 72.1 Å². The number of aromatic amines is 1. The van der Waals surface area contributed by atoms with Crippen LogP contribution in [0, 0.1) is 0 Å². The Kier molecular flexibility index (Phi) is 7.46. The number of ether oxygens (including phenoxy) is 1. The van der Waals surface area contributed by atoms with Crippen LogP contribution in [-0.4, -0.2) is 22.5 Å². The minimum absolute atomic E-state index is 0.0760. The predicted molar refractivity (Wildman–Crippen MR) is 99.1 cm³/mol. The van der Waals surface area contributed by atoms with Gasteiger partial charge in [0.25, 0.3) is 0 Å². The fourth-order valence-corrected chi connectivity index (χ4v) is 2.30. The summed E-state index contributed by atoms with van der Waals surface area (Å²) in [7, 11) is -5.39. The molecule has 0 spiro atoms. The zero-order valence-corrected chi connectivity index (χ0v) is 15.8. The van der Waals surface area contributed by atoms with Gasteiger partial charge in [-0.3, -0.25) is 0 Å². The average molecular weight is 414 g/mol. The van der Waals surface area contributed by atoms with E-state index in [1.165, 1.54) is 6.07 Å². The maximum absolute atomic E-state index is 11.1. The number of hydrogen-bond acceptors (Lipinski definition) is 8. The second-order valence-corrected chi connectivity index (χ2v) is 6.45. The summed E-state index contributed by atoms with van der Waals surface area (Å²) in [5, 5.41) is 11.1. The van der Waals surface area contributed by atoms with E-state index in [4.69, 9.17) is 24.0 Å². The van der Waals surface area contributed by atoms with Crippen LogP contribution in [-0.2, 0) is 4.57 Å². The molecule has 1 N–H and O–H groups in total. The van der Waals surface area contributed by atoms with Gasteiger partial charge in [0.1, 0.15) is 18.2 Å².